The highest BCUT2D eigenvalue weighted by atomic mass is 16.5. The molecule has 7 rings (SSSR count). The van der Waals surface area contributed by atoms with Gasteiger partial charge in [-0.2, -0.15) is 0 Å². The molecule has 2 heterocycles. The van der Waals surface area contributed by atoms with Crippen molar-refractivity contribution in [1.82, 2.24) is 0 Å². The number of carbonyl (C=O) groups excluding carboxylic acids is 5. The maximum absolute atomic E-state index is 14.3. The quantitative estimate of drug-likeness (QED) is 0.392. The Morgan fingerprint density at radius 2 is 1.20 bits per heavy atom. The normalized spacial score (nSPS) is 30.1. The first-order valence-corrected chi connectivity index (χ1v) is 13.5. The van der Waals surface area contributed by atoms with Crippen LogP contribution >= 0.6 is 0 Å². The smallest absolute Gasteiger partial charge is 0.334 e. The Balaban J connectivity index is 1.56. The van der Waals surface area contributed by atoms with Gasteiger partial charge in [0.05, 0.1) is 55.9 Å². The maximum Gasteiger partial charge on any atom is 0.334 e. The molecule has 5 aliphatic rings. The summed E-state index contributed by atoms with van der Waals surface area (Å²) in [7, 11) is 2.89. The van der Waals surface area contributed by atoms with Gasteiger partial charge < -0.3 is 14.2 Å². The number of benzene rings is 2. The average Bonchev–Trinajstić information content (AvgIpc) is 3.39. The summed E-state index contributed by atoms with van der Waals surface area (Å²) < 4.78 is 16.3. The zero-order valence-corrected chi connectivity index (χ0v) is 23.4. The van der Waals surface area contributed by atoms with E-state index in [-0.39, 0.29) is 23.6 Å². The van der Waals surface area contributed by atoms with Gasteiger partial charge in [0.1, 0.15) is 11.5 Å². The summed E-state index contributed by atoms with van der Waals surface area (Å²) in [5.74, 6) is -6.95. The van der Waals surface area contributed by atoms with Crippen molar-refractivity contribution >= 4 is 41.0 Å². The van der Waals surface area contributed by atoms with Crippen LogP contribution in [0.2, 0.25) is 0 Å². The van der Waals surface area contributed by atoms with E-state index >= 15 is 0 Å². The van der Waals surface area contributed by atoms with Crippen molar-refractivity contribution in [3.8, 4) is 11.5 Å². The topological polar surface area (TPSA) is 120 Å². The van der Waals surface area contributed by atoms with Crippen molar-refractivity contribution in [2.75, 3.05) is 30.6 Å². The number of allylic oxidation sites excluding steroid dienone is 1. The van der Waals surface area contributed by atoms with Gasteiger partial charge in [-0.1, -0.05) is 36.8 Å². The van der Waals surface area contributed by atoms with Crippen LogP contribution in [0.1, 0.15) is 20.8 Å². The SMILES string of the molecule is CCOC(=O)C1=C(C)C2[C@H]3C(=O)N(c4ccccc4OC)C(=O)[C@H]3C1(C)[C@H]1C(=O)N(c3ccccc3OC)C(=O)[C@H]21. The van der Waals surface area contributed by atoms with Gasteiger partial charge in [0.15, 0.2) is 0 Å². The van der Waals surface area contributed by atoms with Gasteiger partial charge in [-0.25, -0.2) is 14.6 Å². The molecule has 10 nitrogen and oxygen atoms in total. The largest absolute Gasteiger partial charge is 0.495 e. The predicted octanol–water partition coefficient (Wildman–Crippen LogP) is 3.14. The molecule has 2 aromatic carbocycles. The van der Waals surface area contributed by atoms with Gasteiger partial charge in [0.25, 0.3) is 0 Å². The number of esters is 1. The van der Waals surface area contributed by atoms with Gasteiger partial charge in [0, 0.05) is 16.9 Å². The molecule has 0 spiro atoms. The third kappa shape index (κ3) is 3.27. The van der Waals surface area contributed by atoms with Crippen LogP contribution in [0.4, 0.5) is 11.4 Å². The van der Waals surface area contributed by atoms with Crippen LogP contribution in [0.3, 0.4) is 0 Å². The van der Waals surface area contributed by atoms with Crippen molar-refractivity contribution in [3.63, 3.8) is 0 Å². The zero-order valence-electron chi connectivity index (χ0n) is 23.4. The molecule has 41 heavy (non-hydrogen) atoms. The summed E-state index contributed by atoms with van der Waals surface area (Å²) in [6, 6.07) is 13.4. The number of rotatable bonds is 6. The van der Waals surface area contributed by atoms with Crippen LogP contribution < -0.4 is 19.3 Å². The minimum atomic E-state index is -1.49. The van der Waals surface area contributed by atoms with Gasteiger partial charge >= 0.3 is 5.97 Å². The summed E-state index contributed by atoms with van der Waals surface area (Å²) in [6.45, 7) is 5.11. The molecule has 2 unspecified atom stereocenters. The molecule has 3 fully saturated rings. The third-order valence-corrected chi connectivity index (χ3v) is 9.33. The number of hydrogen-bond donors (Lipinski definition) is 0. The molecule has 3 aliphatic carbocycles. The highest BCUT2D eigenvalue weighted by molar-refractivity contribution is 6.28. The molecular formula is C31H30N2O8. The van der Waals surface area contributed by atoms with Gasteiger partial charge in [0.2, 0.25) is 23.6 Å². The number of amides is 4. The van der Waals surface area contributed by atoms with Crippen LogP contribution in [0, 0.1) is 35.0 Å². The Bertz CT molecular complexity index is 1470. The summed E-state index contributed by atoms with van der Waals surface area (Å²) in [6.07, 6.45) is 0. The second-order valence-electron chi connectivity index (χ2n) is 11.0. The predicted molar refractivity (Wildman–Crippen MR) is 146 cm³/mol. The Kier molecular flexibility index (Phi) is 6.06. The first-order valence-electron chi connectivity index (χ1n) is 13.5. The lowest BCUT2D eigenvalue weighted by Gasteiger charge is -2.55. The third-order valence-electron chi connectivity index (χ3n) is 9.33. The van der Waals surface area contributed by atoms with E-state index in [1.807, 2.05) is 0 Å². The van der Waals surface area contributed by atoms with E-state index in [0.717, 1.165) is 9.80 Å². The second kappa shape index (κ2) is 9.29. The average molecular weight is 559 g/mol. The molecule has 0 aromatic heterocycles. The highest BCUT2D eigenvalue weighted by Gasteiger charge is 2.77. The lowest BCUT2D eigenvalue weighted by atomic mass is 9.43. The molecule has 6 atom stereocenters. The summed E-state index contributed by atoms with van der Waals surface area (Å²) in [5, 5.41) is 0. The van der Waals surface area contributed by atoms with E-state index in [4.69, 9.17) is 14.2 Å². The number of carbonyl (C=O) groups is 5. The summed E-state index contributed by atoms with van der Waals surface area (Å²) in [4.78, 5) is 72.8. The summed E-state index contributed by atoms with van der Waals surface area (Å²) >= 11 is 0. The minimum Gasteiger partial charge on any atom is -0.495 e. The molecule has 2 aliphatic heterocycles. The standard InChI is InChI=1S/C31H30N2O8/c1-6-41-30(38)23-15(2)20-21-24(28(36)32(26(21)34)16-11-7-9-13-18(16)39-4)31(23,3)25-22(20)27(35)33(29(25)37)17-12-8-10-14-19(17)40-5/h7-14,20-22,24-25H,6H2,1-5H3/t20?,21-,22-,24-,25+,31?/m1/s1. The first kappa shape index (κ1) is 26.7. The van der Waals surface area contributed by atoms with Crippen molar-refractivity contribution < 1.29 is 38.2 Å². The molecule has 0 radical (unpaired) electrons. The maximum atomic E-state index is 14.3. The summed E-state index contributed by atoms with van der Waals surface area (Å²) in [5.41, 5.74) is -0.252. The van der Waals surface area contributed by atoms with E-state index in [0.29, 0.717) is 17.1 Å². The Morgan fingerprint density at radius 1 is 0.756 bits per heavy atom. The first-order chi connectivity index (χ1) is 19.6. The van der Waals surface area contributed by atoms with Crippen LogP contribution in [0.25, 0.3) is 0 Å². The van der Waals surface area contributed by atoms with Gasteiger partial charge in [-0.3, -0.25) is 19.2 Å². The minimum absolute atomic E-state index is 0.0823. The van der Waals surface area contributed by atoms with E-state index in [1.165, 1.54) is 14.2 Å². The van der Waals surface area contributed by atoms with Crippen LogP contribution in [0.15, 0.2) is 59.7 Å². The van der Waals surface area contributed by atoms with Crippen molar-refractivity contribution in [2.45, 2.75) is 20.8 Å². The number of imide groups is 2. The number of ether oxygens (including phenoxy) is 3. The molecule has 2 bridgehead atoms. The van der Waals surface area contributed by atoms with Gasteiger partial charge in [-0.15, -0.1) is 0 Å². The van der Waals surface area contributed by atoms with Crippen molar-refractivity contribution in [2.24, 2.45) is 35.0 Å². The molecule has 2 aromatic rings. The Morgan fingerprint density at radius 3 is 1.61 bits per heavy atom. The fourth-order valence-corrected chi connectivity index (χ4v) is 7.91. The Hall–Kier alpha value is -4.47. The second-order valence-corrected chi connectivity index (χ2v) is 11.0. The number of nitrogens with zero attached hydrogens (tertiary/aromatic N) is 2. The van der Waals surface area contributed by atoms with Crippen LogP contribution in [-0.4, -0.2) is 50.4 Å². The number of para-hydroxylation sites is 4. The van der Waals surface area contributed by atoms with Crippen molar-refractivity contribution in [1.29, 1.82) is 0 Å². The molecule has 2 saturated heterocycles. The molecule has 0 N–H and O–H groups in total. The number of hydrogen-bond acceptors (Lipinski definition) is 8. The Labute approximate surface area is 236 Å². The van der Waals surface area contributed by atoms with E-state index in [1.54, 1.807) is 69.3 Å². The monoisotopic (exact) mass is 558 g/mol. The van der Waals surface area contributed by atoms with E-state index in [2.05, 4.69) is 0 Å². The molecular weight excluding hydrogens is 528 g/mol. The fraction of sp³-hybridized carbons (Fsp3) is 0.387. The van der Waals surface area contributed by atoms with E-state index in [9.17, 15) is 24.0 Å². The van der Waals surface area contributed by atoms with E-state index < -0.39 is 64.6 Å². The molecule has 4 amide bonds. The highest BCUT2D eigenvalue weighted by Crippen LogP contribution is 2.69. The lowest BCUT2D eigenvalue weighted by molar-refractivity contribution is -0.155. The number of anilines is 2. The molecule has 1 saturated carbocycles. The lowest BCUT2D eigenvalue weighted by Crippen LogP contribution is -2.61. The van der Waals surface area contributed by atoms with Crippen LogP contribution in [0.5, 0.6) is 11.5 Å². The van der Waals surface area contributed by atoms with Gasteiger partial charge in [-0.05, 0) is 38.1 Å². The molecule has 212 valence electrons. The number of methoxy groups -OCH3 is 2. The zero-order chi connectivity index (χ0) is 29.4. The fourth-order valence-electron chi connectivity index (χ4n) is 7.91. The molecule has 10 heteroatoms. The van der Waals surface area contributed by atoms with Crippen LogP contribution in [-0.2, 0) is 28.7 Å². The van der Waals surface area contributed by atoms with Crippen molar-refractivity contribution in [3.05, 3.63) is 59.7 Å².